The Bertz CT molecular complexity index is 838. The number of hydrogen-bond acceptors (Lipinski definition) is 3. The molecule has 5 nitrogen and oxygen atoms in total. The zero-order valence-electron chi connectivity index (χ0n) is 14.7. The Morgan fingerprint density at radius 2 is 1.65 bits per heavy atom. The minimum atomic E-state index is -0.0538. The smallest absolute Gasteiger partial charge is 0.254 e. The van der Waals surface area contributed by atoms with Crippen LogP contribution in [0.4, 0.5) is 5.69 Å². The van der Waals surface area contributed by atoms with Crippen LogP contribution in [0.1, 0.15) is 32.7 Å². The first-order chi connectivity index (χ1) is 12.5. The van der Waals surface area contributed by atoms with Crippen molar-refractivity contribution >= 4 is 29.1 Å². The molecule has 136 valence electrons. The summed E-state index contributed by atoms with van der Waals surface area (Å²) in [6.45, 7) is 4.13. The second-order valence-electron chi connectivity index (χ2n) is 6.52. The molecule has 3 rings (SSSR count). The van der Waals surface area contributed by atoms with E-state index in [1.807, 2.05) is 13.0 Å². The van der Waals surface area contributed by atoms with Gasteiger partial charge in [0.2, 0.25) is 0 Å². The Hall–Kier alpha value is -2.53. The summed E-state index contributed by atoms with van der Waals surface area (Å²) in [5, 5.41) is 0.541. The van der Waals surface area contributed by atoms with Crippen LogP contribution >= 0.6 is 11.6 Å². The van der Waals surface area contributed by atoms with E-state index in [1.54, 1.807) is 46.2 Å². The lowest BCUT2D eigenvalue weighted by Crippen LogP contribution is -2.37. The first-order valence-corrected chi connectivity index (χ1v) is 9.04. The van der Waals surface area contributed by atoms with Gasteiger partial charge < -0.3 is 15.5 Å². The van der Waals surface area contributed by atoms with Crippen LogP contribution < -0.4 is 5.73 Å². The molecule has 2 amide bonds. The summed E-state index contributed by atoms with van der Waals surface area (Å²) < 4.78 is 0. The molecule has 6 heteroatoms. The number of benzene rings is 2. The number of nitrogens with two attached hydrogens (primary N) is 1. The number of carbonyl (C=O) groups excluding carboxylic acids is 2. The number of halogens is 1. The molecular weight excluding hydrogens is 350 g/mol. The summed E-state index contributed by atoms with van der Waals surface area (Å²) in [6.07, 6.45) is 0.736. The first kappa shape index (κ1) is 18.3. The van der Waals surface area contributed by atoms with Crippen LogP contribution in [0, 0.1) is 6.92 Å². The average molecular weight is 372 g/mol. The van der Waals surface area contributed by atoms with Gasteiger partial charge in [-0.3, -0.25) is 9.59 Å². The van der Waals surface area contributed by atoms with Crippen LogP contribution in [0.2, 0.25) is 5.02 Å². The molecule has 1 aliphatic heterocycles. The van der Waals surface area contributed by atoms with Gasteiger partial charge in [0.05, 0.1) is 0 Å². The molecule has 0 bridgehead atoms. The Morgan fingerprint density at radius 1 is 0.962 bits per heavy atom. The van der Waals surface area contributed by atoms with E-state index in [0.717, 1.165) is 12.0 Å². The number of hydrogen-bond donors (Lipinski definition) is 1. The fraction of sp³-hybridized carbons (Fsp3) is 0.300. The quantitative estimate of drug-likeness (QED) is 0.824. The molecule has 0 radical (unpaired) electrons. The van der Waals surface area contributed by atoms with E-state index in [0.29, 0.717) is 48.0 Å². The molecule has 0 spiro atoms. The summed E-state index contributed by atoms with van der Waals surface area (Å²) in [5.41, 5.74) is 8.51. The maximum atomic E-state index is 12.9. The largest absolute Gasteiger partial charge is 0.399 e. The molecule has 1 heterocycles. The standard InChI is InChI=1S/C20H22ClN3O2/c1-14-6-7-17(22)13-18(14)20(26)24-9-3-8-23(10-11-24)19(25)15-4-2-5-16(21)12-15/h2,4-7,12-13H,3,8-11,22H2,1H3. The minimum Gasteiger partial charge on any atom is -0.399 e. The second kappa shape index (κ2) is 7.79. The third-order valence-electron chi connectivity index (χ3n) is 4.63. The van der Waals surface area contributed by atoms with Gasteiger partial charge in [0.15, 0.2) is 0 Å². The molecule has 0 aromatic heterocycles. The Kier molecular flexibility index (Phi) is 5.47. The van der Waals surface area contributed by atoms with Gasteiger partial charge >= 0.3 is 0 Å². The maximum absolute atomic E-state index is 12.9. The number of aryl methyl sites for hydroxylation is 1. The number of nitrogen functional groups attached to an aromatic ring is 1. The van der Waals surface area contributed by atoms with Crippen molar-refractivity contribution in [3.8, 4) is 0 Å². The molecule has 1 fully saturated rings. The number of nitrogens with zero attached hydrogens (tertiary/aromatic N) is 2. The van der Waals surface area contributed by atoms with Crippen molar-refractivity contribution in [2.75, 3.05) is 31.9 Å². The van der Waals surface area contributed by atoms with Gasteiger partial charge in [-0.25, -0.2) is 0 Å². The summed E-state index contributed by atoms with van der Waals surface area (Å²) in [6, 6.07) is 12.3. The highest BCUT2D eigenvalue weighted by atomic mass is 35.5. The summed E-state index contributed by atoms with van der Waals surface area (Å²) in [7, 11) is 0. The molecule has 26 heavy (non-hydrogen) atoms. The van der Waals surface area contributed by atoms with E-state index in [1.165, 1.54) is 0 Å². The zero-order valence-corrected chi connectivity index (χ0v) is 15.5. The van der Waals surface area contributed by atoms with Crippen molar-refractivity contribution in [1.82, 2.24) is 9.80 Å². The number of carbonyl (C=O) groups is 2. The molecule has 1 aliphatic rings. The Labute approximate surface area is 158 Å². The lowest BCUT2D eigenvalue weighted by atomic mass is 10.1. The topological polar surface area (TPSA) is 66.6 Å². The van der Waals surface area contributed by atoms with Gasteiger partial charge in [0.1, 0.15) is 0 Å². The van der Waals surface area contributed by atoms with E-state index in [2.05, 4.69) is 0 Å². The predicted molar refractivity (Wildman–Crippen MR) is 103 cm³/mol. The highest BCUT2D eigenvalue weighted by Crippen LogP contribution is 2.18. The molecule has 2 N–H and O–H groups in total. The Morgan fingerprint density at radius 3 is 2.35 bits per heavy atom. The van der Waals surface area contributed by atoms with Crippen LogP contribution in [0.3, 0.4) is 0 Å². The van der Waals surface area contributed by atoms with Crippen molar-refractivity contribution in [3.63, 3.8) is 0 Å². The van der Waals surface area contributed by atoms with Crippen LogP contribution in [0.25, 0.3) is 0 Å². The highest BCUT2D eigenvalue weighted by molar-refractivity contribution is 6.30. The van der Waals surface area contributed by atoms with Crippen molar-refractivity contribution in [3.05, 3.63) is 64.2 Å². The van der Waals surface area contributed by atoms with Gasteiger partial charge in [-0.2, -0.15) is 0 Å². The number of anilines is 1. The molecule has 1 saturated heterocycles. The van der Waals surface area contributed by atoms with E-state index < -0.39 is 0 Å². The lowest BCUT2D eigenvalue weighted by molar-refractivity contribution is 0.0718. The second-order valence-corrected chi connectivity index (χ2v) is 6.96. The third-order valence-corrected chi connectivity index (χ3v) is 4.87. The first-order valence-electron chi connectivity index (χ1n) is 8.66. The molecule has 0 aliphatic carbocycles. The van der Waals surface area contributed by atoms with Crippen molar-refractivity contribution in [2.45, 2.75) is 13.3 Å². The van der Waals surface area contributed by atoms with Crippen LogP contribution in [-0.4, -0.2) is 47.8 Å². The lowest BCUT2D eigenvalue weighted by Gasteiger charge is -2.23. The van der Waals surface area contributed by atoms with Gasteiger partial charge in [-0.05, 0) is 49.2 Å². The minimum absolute atomic E-state index is 0.0353. The van der Waals surface area contributed by atoms with E-state index >= 15 is 0 Å². The monoisotopic (exact) mass is 371 g/mol. The van der Waals surface area contributed by atoms with Crippen LogP contribution in [0.5, 0.6) is 0 Å². The molecule has 2 aromatic carbocycles. The molecular formula is C20H22ClN3O2. The van der Waals surface area contributed by atoms with Gasteiger partial charge in [0, 0.05) is 48.0 Å². The fourth-order valence-electron chi connectivity index (χ4n) is 3.17. The molecule has 2 aromatic rings. The van der Waals surface area contributed by atoms with Gasteiger partial charge in [-0.1, -0.05) is 23.7 Å². The zero-order chi connectivity index (χ0) is 18.7. The van der Waals surface area contributed by atoms with Crippen LogP contribution in [-0.2, 0) is 0 Å². The van der Waals surface area contributed by atoms with E-state index in [9.17, 15) is 9.59 Å². The predicted octanol–water partition coefficient (Wildman–Crippen LogP) is 3.22. The van der Waals surface area contributed by atoms with Crippen molar-refractivity contribution in [1.29, 1.82) is 0 Å². The summed E-state index contributed by atoms with van der Waals surface area (Å²) >= 11 is 5.99. The number of amides is 2. The van der Waals surface area contributed by atoms with E-state index in [4.69, 9.17) is 17.3 Å². The van der Waals surface area contributed by atoms with Crippen molar-refractivity contribution in [2.24, 2.45) is 0 Å². The maximum Gasteiger partial charge on any atom is 0.254 e. The average Bonchev–Trinajstić information content (AvgIpc) is 2.88. The highest BCUT2D eigenvalue weighted by Gasteiger charge is 2.24. The molecule has 0 atom stereocenters. The van der Waals surface area contributed by atoms with Crippen molar-refractivity contribution < 1.29 is 9.59 Å². The van der Waals surface area contributed by atoms with Gasteiger partial charge in [-0.15, -0.1) is 0 Å². The normalized spacial score (nSPS) is 14.8. The third kappa shape index (κ3) is 3.99. The number of rotatable bonds is 2. The SMILES string of the molecule is Cc1ccc(N)cc1C(=O)N1CCCN(C(=O)c2cccc(Cl)c2)CC1. The van der Waals surface area contributed by atoms with Gasteiger partial charge in [0.25, 0.3) is 11.8 Å². The summed E-state index contributed by atoms with van der Waals surface area (Å²) in [5.74, 6) is -0.0891. The summed E-state index contributed by atoms with van der Waals surface area (Å²) in [4.78, 5) is 29.1. The fourth-order valence-corrected chi connectivity index (χ4v) is 3.36. The Balaban J connectivity index is 1.71. The van der Waals surface area contributed by atoms with Crippen LogP contribution in [0.15, 0.2) is 42.5 Å². The van der Waals surface area contributed by atoms with E-state index in [-0.39, 0.29) is 11.8 Å². The molecule has 0 unspecified atom stereocenters. The molecule has 0 saturated carbocycles.